The van der Waals surface area contributed by atoms with E-state index < -0.39 is 0 Å². The number of aromatic nitrogens is 3. The van der Waals surface area contributed by atoms with Gasteiger partial charge in [-0.3, -0.25) is 4.68 Å². The largest absolute Gasteiger partial charge is 0.385 e. The molecule has 0 unspecified atom stereocenters. The third-order valence-corrected chi connectivity index (χ3v) is 2.49. The van der Waals surface area contributed by atoms with Crippen LogP contribution in [0.15, 0.2) is 36.7 Å². The smallest absolute Gasteiger partial charge is 0.138 e. The van der Waals surface area contributed by atoms with Gasteiger partial charge >= 0.3 is 0 Å². The molecule has 0 aliphatic carbocycles. The molecule has 84 valence electrons. The lowest BCUT2D eigenvalue weighted by molar-refractivity contribution is 0.679. The van der Waals surface area contributed by atoms with Crippen molar-refractivity contribution in [2.45, 2.75) is 12.8 Å². The van der Waals surface area contributed by atoms with E-state index >= 15 is 0 Å². The van der Waals surface area contributed by atoms with Gasteiger partial charge < -0.3 is 5.32 Å². The Hall–Kier alpha value is -1.84. The Balaban J connectivity index is 1.72. The van der Waals surface area contributed by atoms with Crippen molar-refractivity contribution in [1.29, 1.82) is 0 Å². The summed E-state index contributed by atoms with van der Waals surface area (Å²) in [7, 11) is 1.92. The van der Waals surface area contributed by atoms with Crippen LogP contribution in [0, 0.1) is 0 Å². The van der Waals surface area contributed by atoms with E-state index in [2.05, 4.69) is 27.5 Å². The highest BCUT2D eigenvalue weighted by Crippen LogP contribution is 2.05. The highest BCUT2D eigenvalue weighted by atomic mass is 15.3. The zero-order valence-corrected chi connectivity index (χ0v) is 9.43. The minimum atomic E-state index is 0.955. The minimum absolute atomic E-state index is 0.955. The fourth-order valence-corrected chi connectivity index (χ4v) is 1.58. The molecule has 0 fully saturated rings. The summed E-state index contributed by atoms with van der Waals surface area (Å²) in [6.45, 7) is 0.955. The third kappa shape index (κ3) is 2.82. The first-order valence-electron chi connectivity index (χ1n) is 5.48. The quantitative estimate of drug-likeness (QED) is 0.776. The molecule has 0 atom stereocenters. The van der Waals surface area contributed by atoms with Crippen LogP contribution in [-0.2, 0) is 13.5 Å². The Morgan fingerprint density at radius 2 is 2.06 bits per heavy atom. The molecule has 0 saturated carbocycles. The van der Waals surface area contributed by atoms with E-state index in [1.54, 1.807) is 6.33 Å². The summed E-state index contributed by atoms with van der Waals surface area (Å²) in [5.74, 6) is 1.04. The second-order valence-corrected chi connectivity index (χ2v) is 3.70. The SMILES string of the molecule is Cn1ncnc1CCCNc1ccccc1. The summed E-state index contributed by atoms with van der Waals surface area (Å²) in [6.07, 6.45) is 3.61. The fraction of sp³-hybridized carbons (Fsp3) is 0.333. The zero-order valence-electron chi connectivity index (χ0n) is 9.43. The molecule has 1 heterocycles. The van der Waals surface area contributed by atoms with E-state index in [0.29, 0.717) is 0 Å². The van der Waals surface area contributed by atoms with Gasteiger partial charge in [0.25, 0.3) is 0 Å². The second kappa shape index (κ2) is 5.30. The maximum atomic E-state index is 4.18. The molecule has 0 spiro atoms. The van der Waals surface area contributed by atoms with Crippen LogP contribution in [0.5, 0.6) is 0 Å². The molecule has 0 radical (unpaired) electrons. The fourth-order valence-electron chi connectivity index (χ4n) is 1.58. The molecule has 0 saturated heterocycles. The summed E-state index contributed by atoms with van der Waals surface area (Å²) >= 11 is 0. The van der Waals surface area contributed by atoms with Crippen LogP contribution >= 0.6 is 0 Å². The van der Waals surface area contributed by atoms with Crippen molar-refractivity contribution in [3.8, 4) is 0 Å². The Labute approximate surface area is 95.3 Å². The first-order chi connectivity index (χ1) is 7.86. The molecule has 2 aromatic rings. The average molecular weight is 216 g/mol. The van der Waals surface area contributed by atoms with Crippen LogP contribution < -0.4 is 5.32 Å². The second-order valence-electron chi connectivity index (χ2n) is 3.70. The van der Waals surface area contributed by atoms with Crippen LogP contribution in [0.3, 0.4) is 0 Å². The van der Waals surface area contributed by atoms with Gasteiger partial charge in [0.15, 0.2) is 0 Å². The molecule has 0 aliphatic heterocycles. The molecule has 4 nitrogen and oxygen atoms in total. The molecule has 1 aromatic carbocycles. The molecule has 0 amide bonds. The van der Waals surface area contributed by atoms with E-state index in [1.165, 1.54) is 5.69 Å². The van der Waals surface area contributed by atoms with Gasteiger partial charge in [-0.2, -0.15) is 5.10 Å². The highest BCUT2D eigenvalue weighted by molar-refractivity contribution is 5.42. The topological polar surface area (TPSA) is 42.7 Å². The Kier molecular flexibility index (Phi) is 3.53. The van der Waals surface area contributed by atoms with E-state index in [-0.39, 0.29) is 0 Å². The monoisotopic (exact) mass is 216 g/mol. The molecular formula is C12H16N4. The maximum absolute atomic E-state index is 4.18. The van der Waals surface area contributed by atoms with Crippen molar-refractivity contribution >= 4 is 5.69 Å². The van der Waals surface area contributed by atoms with Crippen molar-refractivity contribution < 1.29 is 0 Å². The number of aryl methyl sites for hydroxylation is 2. The van der Waals surface area contributed by atoms with Gasteiger partial charge in [0.1, 0.15) is 12.2 Å². The van der Waals surface area contributed by atoms with Crippen LogP contribution in [0.25, 0.3) is 0 Å². The molecule has 1 aromatic heterocycles. The lowest BCUT2D eigenvalue weighted by Crippen LogP contribution is -2.06. The minimum Gasteiger partial charge on any atom is -0.385 e. The van der Waals surface area contributed by atoms with Gasteiger partial charge in [-0.1, -0.05) is 18.2 Å². The van der Waals surface area contributed by atoms with Gasteiger partial charge in [-0.15, -0.1) is 0 Å². The number of para-hydroxylation sites is 1. The standard InChI is InChI=1S/C12H16N4/c1-16-12(14-10-15-16)8-5-9-13-11-6-3-2-4-7-11/h2-4,6-7,10,13H,5,8-9H2,1H3. The van der Waals surface area contributed by atoms with Gasteiger partial charge in [0, 0.05) is 25.7 Å². The lowest BCUT2D eigenvalue weighted by atomic mass is 10.2. The summed E-state index contributed by atoms with van der Waals surface area (Å²) in [4.78, 5) is 4.18. The molecule has 2 rings (SSSR count). The molecule has 16 heavy (non-hydrogen) atoms. The van der Waals surface area contributed by atoms with Crippen LogP contribution in [0.1, 0.15) is 12.2 Å². The molecule has 4 heteroatoms. The Morgan fingerprint density at radius 3 is 2.75 bits per heavy atom. The van der Waals surface area contributed by atoms with E-state index in [4.69, 9.17) is 0 Å². The third-order valence-electron chi connectivity index (χ3n) is 2.49. The summed E-state index contributed by atoms with van der Waals surface area (Å²) in [5, 5.41) is 7.41. The highest BCUT2D eigenvalue weighted by Gasteiger charge is 1.99. The molecule has 1 N–H and O–H groups in total. The predicted molar refractivity (Wildman–Crippen MR) is 64.3 cm³/mol. The number of nitrogens with zero attached hydrogens (tertiary/aromatic N) is 3. The summed E-state index contributed by atoms with van der Waals surface area (Å²) in [6, 6.07) is 10.2. The van der Waals surface area contributed by atoms with Crippen molar-refractivity contribution in [2.75, 3.05) is 11.9 Å². The predicted octanol–water partition coefficient (Wildman–Crippen LogP) is 1.86. The number of anilines is 1. The van der Waals surface area contributed by atoms with Crippen molar-refractivity contribution in [1.82, 2.24) is 14.8 Å². The van der Waals surface area contributed by atoms with Gasteiger partial charge in [-0.25, -0.2) is 4.98 Å². The summed E-state index contributed by atoms with van der Waals surface area (Å²) < 4.78 is 1.82. The van der Waals surface area contributed by atoms with Crippen molar-refractivity contribution in [3.05, 3.63) is 42.5 Å². The van der Waals surface area contributed by atoms with E-state index in [9.17, 15) is 0 Å². The number of nitrogens with one attached hydrogen (secondary N) is 1. The average Bonchev–Trinajstić information content (AvgIpc) is 2.72. The molecule has 0 aliphatic rings. The zero-order chi connectivity index (χ0) is 11.2. The van der Waals surface area contributed by atoms with E-state index in [0.717, 1.165) is 25.2 Å². The first kappa shape index (κ1) is 10.7. The maximum Gasteiger partial charge on any atom is 0.138 e. The Morgan fingerprint density at radius 1 is 1.25 bits per heavy atom. The van der Waals surface area contributed by atoms with Crippen LogP contribution in [0.4, 0.5) is 5.69 Å². The number of hydrogen-bond acceptors (Lipinski definition) is 3. The van der Waals surface area contributed by atoms with Crippen molar-refractivity contribution in [3.63, 3.8) is 0 Å². The number of benzene rings is 1. The van der Waals surface area contributed by atoms with E-state index in [1.807, 2.05) is 29.9 Å². The van der Waals surface area contributed by atoms with Gasteiger partial charge in [-0.05, 0) is 18.6 Å². The van der Waals surface area contributed by atoms with Gasteiger partial charge in [0.2, 0.25) is 0 Å². The van der Waals surface area contributed by atoms with Gasteiger partial charge in [0.05, 0.1) is 0 Å². The molecule has 0 bridgehead atoms. The summed E-state index contributed by atoms with van der Waals surface area (Å²) in [5.41, 5.74) is 1.17. The van der Waals surface area contributed by atoms with Crippen LogP contribution in [-0.4, -0.2) is 21.3 Å². The first-order valence-corrected chi connectivity index (χ1v) is 5.48. The number of hydrogen-bond donors (Lipinski definition) is 1. The Bertz CT molecular complexity index is 422. The van der Waals surface area contributed by atoms with Crippen molar-refractivity contribution in [2.24, 2.45) is 7.05 Å². The number of rotatable bonds is 5. The lowest BCUT2D eigenvalue weighted by Gasteiger charge is -2.05. The molecular weight excluding hydrogens is 200 g/mol. The normalized spacial score (nSPS) is 10.3. The van der Waals surface area contributed by atoms with Crippen LogP contribution in [0.2, 0.25) is 0 Å².